The molecule has 0 unspecified atom stereocenters. The quantitative estimate of drug-likeness (QED) is 0.189. The highest BCUT2D eigenvalue weighted by molar-refractivity contribution is 7.91. The van der Waals surface area contributed by atoms with Crippen LogP contribution in [-0.2, 0) is 25.6 Å². The maximum atomic E-state index is 12.9. The van der Waals surface area contributed by atoms with Crippen LogP contribution in [0.15, 0.2) is 64.7 Å². The van der Waals surface area contributed by atoms with E-state index >= 15 is 0 Å². The summed E-state index contributed by atoms with van der Waals surface area (Å²) in [6, 6.07) is 7.32. The Labute approximate surface area is 217 Å². The second-order valence-electron chi connectivity index (χ2n) is 7.61. The van der Waals surface area contributed by atoms with E-state index in [0.29, 0.717) is 12.3 Å². The van der Waals surface area contributed by atoms with E-state index in [0.717, 1.165) is 25.1 Å². The van der Waals surface area contributed by atoms with Crippen LogP contribution < -0.4 is 10.2 Å². The average molecular weight is 576 g/mol. The van der Waals surface area contributed by atoms with Gasteiger partial charge in [0.2, 0.25) is 0 Å². The summed E-state index contributed by atoms with van der Waals surface area (Å²) in [6.07, 6.45) is -7.88. The molecule has 0 saturated heterocycles. The van der Waals surface area contributed by atoms with Crippen LogP contribution in [0, 0.1) is 0 Å². The largest absolute Gasteiger partial charge is 0.573 e. The number of alkyl halides is 6. The van der Waals surface area contributed by atoms with E-state index in [1.54, 1.807) is 0 Å². The lowest BCUT2D eigenvalue weighted by atomic mass is 10.1. The molecule has 0 fully saturated rings. The van der Waals surface area contributed by atoms with Crippen molar-refractivity contribution in [1.82, 2.24) is 15.4 Å². The Kier molecular flexibility index (Phi) is 8.48. The number of carbonyl (C=O) groups is 1. The van der Waals surface area contributed by atoms with Crippen LogP contribution >= 0.6 is 0 Å². The van der Waals surface area contributed by atoms with Crippen molar-refractivity contribution in [3.8, 4) is 16.9 Å². The van der Waals surface area contributed by atoms with Crippen LogP contribution in [-0.4, -0.2) is 42.3 Å². The van der Waals surface area contributed by atoms with E-state index < -0.39 is 56.1 Å². The summed E-state index contributed by atoms with van der Waals surface area (Å²) in [5, 5.41) is 0. The maximum absolute atomic E-state index is 12.9. The zero-order chi connectivity index (χ0) is 29.0. The summed E-state index contributed by atoms with van der Waals surface area (Å²) in [5.41, 5.74) is 1.19. The number of benzene rings is 1. The van der Waals surface area contributed by atoms with Gasteiger partial charge in [0.1, 0.15) is 11.4 Å². The molecular weight excluding hydrogens is 558 g/mol. The maximum Gasteiger partial charge on any atom is 0.573 e. The lowest BCUT2D eigenvalue weighted by molar-refractivity contribution is -0.274. The van der Waals surface area contributed by atoms with Gasteiger partial charge in [0.05, 0.1) is 16.2 Å². The average Bonchev–Trinajstić information content (AvgIpc) is 2.85. The van der Waals surface area contributed by atoms with E-state index in [9.17, 15) is 39.6 Å². The standard InChI is InChI=1S/C23H18F6N4O5S/c1-3-39(35,36)18-10-15(14-4-7-17(8-5-14)37-23(27,28)29)11-31-20(18)21(33-38-13(2)34)32-19-9-6-16(12-30-19)22(24,25)26/h4-12H,3H2,1-2H3,(H,30,32,33). The number of nitrogens with zero attached hydrogens (tertiary/aromatic N) is 3. The predicted molar refractivity (Wildman–Crippen MR) is 124 cm³/mol. The van der Waals surface area contributed by atoms with Gasteiger partial charge in [-0.15, -0.1) is 13.2 Å². The number of ether oxygens (including phenoxy) is 1. The molecule has 0 bridgehead atoms. The minimum atomic E-state index is -4.90. The normalized spacial score (nSPS) is 12.7. The number of aliphatic imine (C=N–C) groups is 1. The molecule has 0 atom stereocenters. The van der Waals surface area contributed by atoms with Crippen LogP contribution in [0.2, 0.25) is 0 Å². The third kappa shape index (κ3) is 7.89. The third-order valence-electron chi connectivity index (χ3n) is 4.81. The number of nitrogens with one attached hydrogen (secondary N) is 1. The Hall–Kier alpha value is -4.21. The zero-order valence-electron chi connectivity index (χ0n) is 20.0. The zero-order valence-corrected chi connectivity index (χ0v) is 20.8. The molecule has 0 spiro atoms. The molecule has 0 aliphatic rings. The minimum absolute atomic E-state index is 0.184. The second-order valence-corrected chi connectivity index (χ2v) is 9.85. The molecule has 0 aliphatic carbocycles. The van der Waals surface area contributed by atoms with Crippen LogP contribution in [0.25, 0.3) is 11.1 Å². The smallest absolute Gasteiger partial charge is 0.406 e. The molecule has 3 rings (SSSR count). The highest BCUT2D eigenvalue weighted by Gasteiger charge is 2.32. The number of hydroxylamine groups is 1. The number of pyridine rings is 2. The van der Waals surface area contributed by atoms with Crippen LogP contribution in [0.3, 0.4) is 0 Å². The summed E-state index contributed by atoms with van der Waals surface area (Å²) in [7, 11) is -4.06. The first-order valence-corrected chi connectivity index (χ1v) is 12.4. The molecule has 1 N–H and O–H groups in total. The first-order chi connectivity index (χ1) is 18.1. The molecule has 0 amide bonds. The predicted octanol–water partition coefficient (Wildman–Crippen LogP) is 5.00. The Morgan fingerprint density at radius 3 is 2.15 bits per heavy atom. The van der Waals surface area contributed by atoms with Gasteiger partial charge in [0.15, 0.2) is 21.5 Å². The summed E-state index contributed by atoms with van der Waals surface area (Å²) in [4.78, 5) is 27.3. The third-order valence-corrected chi connectivity index (χ3v) is 6.55. The fraction of sp³-hybridized carbons (Fsp3) is 0.217. The van der Waals surface area contributed by atoms with Crippen LogP contribution in [0.5, 0.6) is 5.75 Å². The molecule has 0 saturated carbocycles. The Morgan fingerprint density at radius 1 is 0.974 bits per heavy atom. The van der Waals surface area contributed by atoms with Gasteiger partial charge in [0.25, 0.3) is 0 Å². The van der Waals surface area contributed by atoms with Gasteiger partial charge in [-0.25, -0.2) is 18.4 Å². The molecule has 3 aromatic rings. The van der Waals surface area contributed by atoms with Crippen LogP contribution in [0.1, 0.15) is 25.1 Å². The molecule has 0 aliphatic heterocycles. The van der Waals surface area contributed by atoms with Gasteiger partial charge in [-0.2, -0.15) is 18.7 Å². The van der Waals surface area contributed by atoms with E-state index in [2.05, 4.69) is 25.2 Å². The Morgan fingerprint density at radius 2 is 1.64 bits per heavy atom. The van der Waals surface area contributed by atoms with Crippen molar-refractivity contribution in [2.45, 2.75) is 31.3 Å². The van der Waals surface area contributed by atoms with E-state index in [4.69, 9.17) is 4.84 Å². The molecule has 9 nitrogen and oxygen atoms in total. The molecular formula is C23H18F6N4O5S. The number of halogens is 6. The number of amidine groups is 1. The van der Waals surface area contributed by atoms with Gasteiger partial charge < -0.3 is 9.57 Å². The van der Waals surface area contributed by atoms with Crippen molar-refractivity contribution in [3.63, 3.8) is 0 Å². The second kappa shape index (κ2) is 11.3. The summed E-state index contributed by atoms with van der Waals surface area (Å²) in [5.74, 6) is -2.54. The molecule has 16 heteroatoms. The fourth-order valence-electron chi connectivity index (χ4n) is 3.00. The lowest BCUT2D eigenvalue weighted by Gasteiger charge is -2.14. The van der Waals surface area contributed by atoms with Gasteiger partial charge in [0, 0.05) is 24.9 Å². The minimum Gasteiger partial charge on any atom is -0.406 e. The number of sulfone groups is 1. The molecule has 208 valence electrons. The van der Waals surface area contributed by atoms with Crippen molar-refractivity contribution in [2.24, 2.45) is 4.99 Å². The SMILES string of the molecule is CCS(=O)(=O)c1cc(-c2ccc(OC(F)(F)F)cc2)cnc1C(=Nc1ccc(C(F)(F)F)cn1)NOC(C)=O. The van der Waals surface area contributed by atoms with Crippen LogP contribution in [0.4, 0.5) is 32.2 Å². The molecule has 2 heterocycles. The number of rotatable bonds is 6. The van der Waals surface area contributed by atoms with Crippen molar-refractivity contribution < 1.29 is 49.1 Å². The summed E-state index contributed by atoms with van der Waals surface area (Å²) < 4.78 is 106. The van der Waals surface area contributed by atoms with Gasteiger partial charge in [-0.1, -0.05) is 19.1 Å². The first-order valence-electron chi connectivity index (χ1n) is 10.7. The molecule has 39 heavy (non-hydrogen) atoms. The van der Waals surface area contributed by atoms with Crippen molar-refractivity contribution in [1.29, 1.82) is 0 Å². The Balaban J connectivity index is 2.11. The molecule has 1 aromatic carbocycles. The number of aromatic nitrogens is 2. The van der Waals surface area contributed by atoms with Crippen molar-refractivity contribution in [2.75, 3.05) is 5.75 Å². The van der Waals surface area contributed by atoms with E-state index in [1.165, 1.54) is 31.3 Å². The van der Waals surface area contributed by atoms with Gasteiger partial charge >= 0.3 is 18.5 Å². The first kappa shape index (κ1) is 29.3. The highest BCUT2D eigenvalue weighted by Crippen LogP contribution is 2.31. The lowest BCUT2D eigenvalue weighted by Crippen LogP contribution is -2.29. The van der Waals surface area contributed by atoms with Gasteiger partial charge in [-0.3, -0.25) is 9.78 Å². The Bertz CT molecular complexity index is 1470. The summed E-state index contributed by atoms with van der Waals surface area (Å²) >= 11 is 0. The number of hydrogen-bond donors (Lipinski definition) is 1. The number of hydrogen-bond acceptors (Lipinski definition) is 8. The summed E-state index contributed by atoms with van der Waals surface area (Å²) in [6.45, 7) is 2.36. The van der Waals surface area contributed by atoms with Crippen molar-refractivity contribution >= 4 is 27.5 Å². The van der Waals surface area contributed by atoms with E-state index in [-0.39, 0.29) is 22.6 Å². The monoisotopic (exact) mass is 576 g/mol. The topological polar surface area (TPSA) is 120 Å². The molecule has 2 aromatic heterocycles. The van der Waals surface area contributed by atoms with E-state index in [1.807, 2.05) is 0 Å². The fourth-order valence-corrected chi connectivity index (χ4v) is 4.06. The van der Waals surface area contributed by atoms with Crippen molar-refractivity contribution in [3.05, 3.63) is 66.1 Å². The number of carbonyl (C=O) groups excluding carboxylic acids is 1. The molecule has 0 radical (unpaired) electrons. The van der Waals surface area contributed by atoms with Gasteiger partial charge in [-0.05, 0) is 35.9 Å². The highest BCUT2D eigenvalue weighted by atomic mass is 32.2.